The predicted molar refractivity (Wildman–Crippen MR) is 162 cm³/mol. The van der Waals surface area contributed by atoms with Crippen LogP contribution in [0, 0.1) is 6.92 Å². The first-order chi connectivity index (χ1) is 20.5. The maximum absolute atomic E-state index is 13.7. The van der Waals surface area contributed by atoms with Crippen molar-refractivity contribution in [2.75, 3.05) is 6.61 Å². The molecule has 8 nitrogen and oxygen atoms in total. The van der Waals surface area contributed by atoms with Crippen LogP contribution in [-0.2, 0) is 34.7 Å². The topological polar surface area (TPSA) is 122 Å². The van der Waals surface area contributed by atoms with Gasteiger partial charge in [0.2, 0.25) is 0 Å². The fourth-order valence-corrected chi connectivity index (χ4v) is 6.17. The van der Waals surface area contributed by atoms with Crippen LogP contribution in [0.5, 0.6) is 5.75 Å². The fourth-order valence-electron chi connectivity index (χ4n) is 5.24. The average molecular weight is 600 g/mol. The predicted octanol–water partition coefficient (Wildman–Crippen LogP) is 5.61. The van der Waals surface area contributed by atoms with E-state index < -0.39 is 40.1 Å². The van der Waals surface area contributed by atoms with E-state index in [1.807, 2.05) is 55.5 Å². The minimum Gasteiger partial charge on any atom is -0.463 e. The van der Waals surface area contributed by atoms with Crippen molar-refractivity contribution in [2.24, 2.45) is 5.73 Å². The van der Waals surface area contributed by atoms with E-state index in [-0.39, 0.29) is 28.7 Å². The van der Waals surface area contributed by atoms with Gasteiger partial charge in [0.1, 0.15) is 17.3 Å². The first kappa shape index (κ1) is 30.0. The molecule has 0 heterocycles. The highest BCUT2D eigenvalue weighted by atomic mass is 32.2. The summed E-state index contributed by atoms with van der Waals surface area (Å²) in [7, 11) is -4.09. The Morgan fingerprint density at radius 3 is 1.95 bits per heavy atom. The Morgan fingerprint density at radius 2 is 1.40 bits per heavy atom. The van der Waals surface area contributed by atoms with Crippen LogP contribution in [0.4, 0.5) is 0 Å². The number of nitrogens with two attached hydrogens (primary N) is 1. The van der Waals surface area contributed by atoms with Crippen molar-refractivity contribution >= 4 is 22.1 Å². The molecule has 0 aliphatic heterocycles. The standard InChI is InChI=1S/C34H33NO7S/c1-22(2)41-32(36)20-34(35,24-14-16-25(17-15-24)42-43(38,39)26-18-12-23(3)13-19-26)33(37)40-21-31-29-10-6-4-8-27(29)28-9-5-7-11-30(28)31/h4-19,22,31H,20-21,35H2,1-3H3. The summed E-state index contributed by atoms with van der Waals surface area (Å²) in [6, 6.07) is 27.8. The summed E-state index contributed by atoms with van der Waals surface area (Å²) in [5.74, 6) is -1.67. The second-order valence-electron chi connectivity index (χ2n) is 10.9. The molecule has 0 aromatic heterocycles. The van der Waals surface area contributed by atoms with E-state index in [0.29, 0.717) is 0 Å². The van der Waals surface area contributed by atoms with Crippen LogP contribution in [0.1, 0.15) is 48.4 Å². The Kier molecular flexibility index (Phi) is 8.39. The Morgan fingerprint density at radius 1 is 0.837 bits per heavy atom. The zero-order valence-electron chi connectivity index (χ0n) is 24.1. The fraction of sp³-hybridized carbons (Fsp3) is 0.235. The summed E-state index contributed by atoms with van der Waals surface area (Å²) in [5.41, 5.74) is 10.1. The quantitative estimate of drug-likeness (QED) is 0.184. The number of carbonyl (C=O) groups is 2. The van der Waals surface area contributed by atoms with Crippen molar-refractivity contribution in [1.29, 1.82) is 0 Å². The number of rotatable bonds is 10. The maximum atomic E-state index is 13.7. The van der Waals surface area contributed by atoms with Crippen LogP contribution >= 0.6 is 0 Å². The lowest BCUT2D eigenvalue weighted by Gasteiger charge is -2.28. The van der Waals surface area contributed by atoms with Gasteiger partial charge in [0.25, 0.3) is 0 Å². The molecule has 0 fully saturated rings. The molecule has 43 heavy (non-hydrogen) atoms. The molecule has 4 aromatic rings. The van der Waals surface area contributed by atoms with Crippen LogP contribution in [-0.4, -0.2) is 33.1 Å². The highest BCUT2D eigenvalue weighted by Gasteiger charge is 2.42. The van der Waals surface area contributed by atoms with Gasteiger partial charge < -0.3 is 19.4 Å². The van der Waals surface area contributed by atoms with E-state index >= 15 is 0 Å². The van der Waals surface area contributed by atoms with Gasteiger partial charge in [-0.2, -0.15) is 8.42 Å². The molecule has 0 amide bonds. The van der Waals surface area contributed by atoms with E-state index in [1.54, 1.807) is 26.0 Å². The SMILES string of the molecule is Cc1ccc(S(=O)(=O)Oc2ccc(C(N)(CC(=O)OC(C)C)C(=O)OCC3c4ccccc4-c4ccccc43)cc2)cc1. The highest BCUT2D eigenvalue weighted by Crippen LogP contribution is 2.44. The molecule has 1 aliphatic carbocycles. The van der Waals surface area contributed by atoms with Gasteiger partial charge >= 0.3 is 22.1 Å². The summed E-state index contributed by atoms with van der Waals surface area (Å²) in [4.78, 5) is 26.5. The highest BCUT2D eigenvalue weighted by molar-refractivity contribution is 7.87. The molecule has 5 rings (SSSR count). The van der Waals surface area contributed by atoms with Crippen molar-refractivity contribution < 1.29 is 31.7 Å². The molecule has 9 heteroatoms. The Balaban J connectivity index is 1.39. The summed E-state index contributed by atoms with van der Waals surface area (Å²) >= 11 is 0. The van der Waals surface area contributed by atoms with Gasteiger partial charge in [-0.15, -0.1) is 0 Å². The first-order valence-electron chi connectivity index (χ1n) is 13.9. The normalized spacial score (nSPS) is 14.0. The zero-order chi connectivity index (χ0) is 30.8. The molecule has 1 aliphatic rings. The molecule has 0 bridgehead atoms. The van der Waals surface area contributed by atoms with Crippen LogP contribution < -0.4 is 9.92 Å². The third-order valence-electron chi connectivity index (χ3n) is 7.38. The van der Waals surface area contributed by atoms with Gasteiger partial charge in [-0.1, -0.05) is 78.4 Å². The van der Waals surface area contributed by atoms with E-state index in [9.17, 15) is 18.0 Å². The number of hydrogen-bond acceptors (Lipinski definition) is 8. The molecule has 0 saturated carbocycles. The van der Waals surface area contributed by atoms with Crippen molar-refractivity contribution in [3.63, 3.8) is 0 Å². The van der Waals surface area contributed by atoms with Crippen LogP contribution in [0.15, 0.2) is 102 Å². The van der Waals surface area contributed by atoms with Crippen molar-refractivity contribution in [1.82, 2.24) is 0 Å². The number of hydrogen-bond donors (Lipinski definition) is 1. The minimum atomic E-state index is -4.09. The zero-order valence-corrected chi connectivity index (χ0v) is 25.0. The van der Waals surface area contributed by atoms with Crippen LogP contribution in [0.2, 0.25) is 0 Å². The largest absolute Gasteiger partial charge is 0.463 e. The number of ether oxygens (including phenoxy) is 2. The van der Waals surface area contributed by atoms with Gasteiger partial charge in [-0.3, -0.25) is 4.79 Å². The summed E-state index contributed by atoms with van der Waals surface area (Å²) in [6.45, 7) is 5.26. The molecular weight excluding hydrogens is 566 g/mol. The number of esters is 2. The van der Waals surface area contributed by atoms with Crippen LogP contribution in [0.3, 0.4) is 0 Å². The minimum absolute atomic E-state index is 0.00502. The monoisotopic (exact) mass is 599 g/mol. The molecule has 222 valence electrons. The van der Waals surface area contributed by atoms with Crippen molar-refractivity contribution in [3.8, 4) is 16.9 Å². The Labute approximate surface area is 251 Å². The average Bonchev–Trinajstić information content (AvgIpc) is 3.29. The number of aryl methyl sites for hydroxylation is 1. The lowest BCUT2D eigenvalue weighted by atomic mass is 9.87. The molecule has 0 radical (unpaired) electrons. The number of fused-ring (bicyclic) bond motifs is 3. The third kappa shape index (κ3) is 6.33. The van der Waals surface area contributed by atoms with E-state index in [4.69, 9.17) is 19.4 Å². The van der Waals surface area contributed by atoms with E-state index in [0.717, 1.165) is 27.8 Å². The third-order valence-corrected chi connectivity index (χ3v) is 8.64. The molecule has 0 spiro atoms. The first-order valence-corrected chi connectivity index (χ1v) is 15.3. The summed E-state index contributed by atoms with van der Waals surface area (Å²) in [5, 5.41) is 0. The van der Waals surface area contributed by atoms with Gasteiger partial charge in [0, 0.05) is 5.92 Å². The second kappa shape index (κ2) is 12.0. The van der Waals surface area contributed by atoms with Gasteiger partial charge in [0.05, 0.1) is 12.5 Å². The lowest BCUT2D eigenvalue weighted by molar-refractivity contribution is -0.159. The summed E-state index contributed by atoms with van der Waals surface area (Å²) in [6.07, 6.45) is -0.897. The Hall–Kier alpha value is -4.47. The molecule has 1 atom stereocenters. The smallest absolute Gasteiger partial charge is 0.339 e. The Bertz CT molecular complexity index is 1700. The molecule has 2 N–H and O–H groups in total. The van der Waals surface area contributed by atoms with Gasteiger partial charge in [0.15, 0.2) is 5.54 Å². The molecule has 1 unspecified atom stereocenters. The number of benzene rings is 4. The molecule has 4 aromatic carbocycles. The molecule has 0 saturated heterocycles. The second-order valence-corrected chi connectivity index (χ2v) is 12.4. The van der Waals surface area contributed by atoms with Gasteiger partial charge in [-0.05, 0) is 72.9 Å². The lowest BCUT2D eigenvalue weighted by Crippen LogP contribution is -2.48. The molecular formula is C34H33NO7S. The number of carbonyl (C=O) groups excluding carboxylic acids is 2. The van der Waals surface area contributed by atoms with E-state index in [2.05, 4.69) is 0 Å². The summed E-state index contributed by atoms with van der Waals surface area (Å²) < 4.78 is 42.0. The maximum Gasteiger partial charge on any atom is 0.339 e. The van der Waals surface area contributed by atoms with Gasteiger partial charge in [-0.25, -0.2) is 4.79 Å². The van der Waals surface area contributed by atoms with E-state index in [1.165, 1.54) is 36.4 Å². The van der Waals surface area contributed by atoms with Crippen molar-refractivity contribution in [2.45, 2.75) is 49.6 Å². The van der Waals surface area contributed by atoms with Crippen molar-refractivity contribution in [3.05, 3.63) is 119 Å². The van der Waals surface area contributed by atoms with Crippen LogP contribution in [0.25, 0.3) is 11.1 Å².